The summed E-state index contributed by atoms with van der Waals surface area (Å²) in [5, 5.41) is 3.39. The van der Waals surface area contributed by atoms with Crippen LogP contribution in [0.4, 0.5) is 5.95 Å². The molecule has 0 fully saturated rings. The fourth-order valence-corrected chi connectivity index (χ4v) is 2.23. The molecule has 0 atom stereocenters. The fourth-order valence-electron chi connectivity index (χ4n) is 2.23. The van der Waals surface area contributed by atoms with Gasteiger partial charge in [-0.05, 0) is 37.8 Å². The quantitative estimate of drug-likeness (QED) is 0.857. The lowest BCUT2D eigenvalue weighted by Crippen LogP contribution is -2.09. The lowest BCUT2D eigenvalue weighted by molar-refractivity contribution is 0.695. The summed E-state index contributed by atoms with van der Waals surface area (Å²) in [7, 11) is 0. The second-order valence-corrected chi connectivity index (χ2v) is 5.00. The minimum absolute atomic E-state index is 0.970. The molecule has 0 saturated heterocycles. The molecule has 102 valence electrons. The normalized spacial score (nSPS) is 10.7. The van der Waals surface area contributed by atoms with Gasteiger partial charge in [0.15, 0.2) is 0 Å². The van der Waals surface area contributed by atoms with Gasteiger partial charge < -0.3 is 9.88 Å². The molecule has 1 heterocycles. The van der Waals surface area contributed by atoms with Crippen LogP contribution < -0.4 is 5.32 Å². The Hall–Kier alpha value is -1.77. The van der Waals surface area contributed by atoms with Crippen LogP contribution in [0.5, 0.6) is 0 Å². The molecule has 1 N–H and O–H groups in total. The summed E-state index contributed by atoms with van der Waals surface area (Å²) in [5.41, 5.74) is 3.85. The van der Waals surface area contributed by atoms with E-state index in [4.69, 9.17) is 0 Å². The Labute approximate surface area is 115 Å². The third-order valence-electron chi connectivity index (χ3n) is 3.31. The Morgan fingerprint density at radius 2 is 2.00 bits per heavy atom. The van der Waals surface area contributed by atoms with E-state index in [-0.39, 0.29) is 0 Å². The van der Waals surface area contributed by atoms with Crippen LogP contribution in [0.3, 0.4) is 0 Å². The van der Waals surface area contributed by atoms with E-state index in [1.165, 1.54) is 11.1 Å². The number of rotatable bonds is 6. The Kier molecular flexibility index (Phi) is 4.61. The first-order chi connectivity index (χ1) is 9.20. The predicted molar refractivity (Wildman–Crippen MR) is 80.6 cm³/mol. The molecule has 0 unspecified atom stereocenters. The van der Waals surface area contributed by atoms with E-state index in [1.807, 2.05) is 6.92 Å². The molecule has 0 saturated carbocycles. The first kappa shape index (κ1) is 13.7. The van der Waals surface area contributed by atoms with Crippen molar-refractivity contribution < 1.29 is 0 Å². The van der Waals surface area contributed by atoms with Crippen LogP contribution in [0, 0.1) is 13.8 Å². The standard InChI is InChI=1S/C16H23N3/c1-4-10-17-16-18-14(3)12-19(16)11-9-15-8-6-5-7-13(15)2/h5-8,12H,4,9-11H2,1-3H3,(H,17,18). The van der Waals surface area contributed by atoms with Gasteiger partial charge in [-0.15, -0.1) is 0 Å². The van der Waals surface area contributed by atoms with E-state index in [1.54, 1.807) is 0 Å². The summed E-state index contributed by atoms with van der Waals surface area (Å²) in [6, 6.07) is 8.58. The van der Waals surface area contributed by atoms with Crippen LogP contribution in [-0.4, -0.2) is 16.1 Å². The molecular weight excluding hydrogens is 234 g/mol. The molecule has 2 aromatic rings. The maximum absolute atomic E-state index is 4.53. The summed E-state index contributed by atoms with van der Waals surface area (Å²) in [4.78, 5) is 4.53. The largest absolute Gasteiger partial charge is 0.356 e. The third-order valence-corrected chi connectivity index (χ3v) is 3.31. The minimum atomic E-state index is 0.970. The van der Waals surface area contributed by atoms with Crippen molar-refractivity contribution in [1.82, 2.24) is 9.55 Å². The Morgan fingerprint density at radius 1 is 1.21 bits per heavy atom. The van der Waals surface area contributed by atoms with Crippen molar-refractivity contribution in [2.24, 2.45) is 0 Å². The lowest BCUT2D eigenvalue weighted by Gasteiger charge is -2.10. The predicted octanol–water partition coefficient (Wildman–Crippen LogP) is 3.56. The van der Waals surface area contributed by atoms with Crippen LogP contribution in [0.1, 0.15) is 30.2 Å². The van der Waals surface area contributed by atoms with Gasteiger partial charge in [0.1, 0.15) is 0 Å². The SMILES string of the molecule is CCCNc1nc(C)cn1CCc1ccccc1C. The number of nitrogens with zero attached hydrogens (tertiary/aromatic N) is 2. The van der Waals surface area contributed by atoms with Crippen molar-refractivity contribution in [1.29, 1.82) is 0 Å². The van der Waals surface area contributed by atoms with Crippen molar-refractivity contribution in [2.75, 3.05) is 11.9 Å². The summed E-state index contributed by atoms with van der Waals surface area (Å²) >= 11 is 0. The van der Waals surface area contributed by atoms with Crippen molar-refractivity contribution in [2.45, 2.75) is 40.2 Å². The summed E-state index contributed by atoms with van der Waals surface area (Å²) < 4.78 is 2.22. The van der Waals surface area contributed by atoms with Crippen LogP contribution >= 0.6 is 0 Å². The lowest BCUT2D eigenvalue weighted by atomic mass is 10.1. The molecule has 0 aliphatic heterocycles. The fraction of sp³-hybridized carbons (Fsp3) is 0.438. The van der Waals surface area contributed by atoms with Gasteiger partial charge >= 0.3 is 0 Å². The van der Waals surface area contributed by atoms with E-state index < -0.39 is 0 Å². The minimum Gasteiger partial charge on any atom is -0.356 e. The summed E-state index contributed by atoms with van der Waals surface area (Å²) in [5.74, 6) is 0.993. The number of benzene rings is 1. The van der Waals surface area contributed by atoms with Gasteiger partial charge in [0, 0.05) is 19.3 Å². The van der Waals surface area contributed by atoms with E-state index in [0.29, 0.717) is 0 Å². The zero-order valence-corrected chi connectivity index (χ0v) is 12.1. The van der Waals surface area contributed by atoms with Gasteiger partial charge in [0.05, 0.1) is 5.69 Å². The topological polar surface area (TPSA) is 29.9 Å². The molecule has 3 nitrogen and oxygen atoms in total. The molecule has 0 aliphatic carbocycles. The van der Waals surface area contributed by atoms with Crippen molar-refractivity contribution in [3.8, 4) is 0 Å². The van der Waals surface area contributed by atoms with Gasteiger partial charge in [0.25, 0.3) is 0 Å². The molecule has 1 aromatic heterocycles. The van der Waals surface area contributed by atoms with Crippen LogP contribution in [0.25, 0.3) is 0 Å². The summed E-state index contributed by atoms with van der Waals surface area (Å²) in [6.45, 7) is 8.32. The zero-order valence-electron chi connectivity index (χ0n) is 12.1. The van der Waals surface area contributed by atoms with Crippen molar-refractivity contribution in [3.05, 3.63) is 47.3 Å². The smallest absolute Gasteiger partial charge is 0.203 e. The number of hydrogen-bond acceptors (Lipinski definition) is 2. The molecule has 0 bridgehead atoms. The Bertz CT molecular complexity index is 529. The molecule has 0 aliphatic rings. The van der Waals surface area contributed by atoms with E-state index in [9.17, 15) is 0 Å². The maximum atomic E-state index is 4.53. The second-order valence-electron chi connectivity index (χ2n) is 5.00. The highest BCUT2D eigenvalue weighted by molar-refractivity contribution is 5.30. The van der Waals surface area contributed by atoms with E-state index in [0.717, 1.165) is 37.6 Å². The second kappa shape index (κ2) is 6.41. The van der Waals surface area contributed by atoms with Gasteiger partial charge in [-0.25, -0.2) is 4.98 Å². The van der Waals surface area contributed by atoms with Crippen LogP contribution in [0.2, 0.25) is 0 Å². The Morgan fingerprint density at radius 3 is 2.74 bits per heavy atom. The van der Waals surface area contributed by atoms with Crippen LogP contribution in [0.15, 0.2) is 30.5 Å². The van der Waals surface area contributed by atoms with Crippen LogP contribution in [-0.2, 0) is 13.0 Å². The monoisotopic (exact) mass is 257 g/mol. The Balaban J connectivity index is 2.05. The number of anilines is 1. The molecule has 19 heavy (non-hydrogen) atoms. The van der Waals surface area contributed by atoms with E-state index >= 15 is 0 Å². The van der Waals surface area contributed by atoms with Gasteiger partial charge in [0.2, 0.25) is 5.95 Å². The molecule has 1 aromatic carbocycles. The average Bonchev–Trinajstić information content (AvgIpc) is 2.76. The van der Waals surface area contributed by atoms with Gasteiger partial charge in [-0.1, -0.05) is 31.2 Å². The maximum Gasteiger partial charge on any atom is 0.203 e. The molecular formula is C16H23N3. The van der Waals surface area contributed by atoms with E-state index in [2.05, 4.69) is 59.2 Å². The first-order valence-electron chi connectivity index (χ1n) is 7.03. The number of aryl methyl sites for hydroxylation is 4. The number of imidazole rings is 1. The average molecular weight is 257 g/mol. The molecule has 0 spiro atoms. The summed E-state index contributed by atoms with van der Waals surface area (Å²) in [6.07, 6.45) is 4.28. The number of nitrogens with one attached hydrogen (secondary N) is 1. The third kappa shape index (κ3) is 3.60. The first-order valence-corrected chi connectivity index (χ1v) is 7.03. The van der Waals surface area contributed by atoms with Gasteiger partial charge in [-0.2, -0.15) is 0 Å². The number of hydrogen-bond donors (Lipinski definition) is 1. The van der Waals surface area contributed by atoms with Gasteiger partial charge in [-0.3, -0.25) is 0 Å². The molecule has 2 rings (SSSR count). The highest BCUT2D eigenvalue weighted by atomic mass is 15.2. The molecule has 3 heteroatoms. The zero-order chi connectivity index (χ0) is 13.7. The highest BCUT2D eigenvalue weighted by Crippen LogP contribution is 2.13. The molecule has 0 radical (unpaired) electrons. The van der Waals surface area contributed by atoms with Crippen molar-refractivity contribution >= 4 is 5.95 Å². The molecule has 0 amide bonds. The van der Waals surface area contributed by atoms with Crippen molar-refractivity contribution in [3.63, 3.8) is 0 Å². The highest BCUT2D eigenvalue weighted by Gasteiger charge is 2.05. The number of aromatic nitrogens is 2.